The van der Waals surface area contributed by atoms with Crippen molar-refractivity contribution in [3.63, 3.8) is 0 Å². The van der Waals surface area contributed by atoms with Crippen molar-refractivity contribution in [3.8, 4) is 12.3 Å². The molecular weight excluding hydrogens is 602 g/mol. The molecule has 0 saturated carbocycles. The molecule has 1 aliphatic heterocycles. The van der Waals surface area contributed by atoms with Gasteiger partial charge >= 0.3 is 5.97 Å². The van der Waals surface area contributed by atoms with Crippen LogP contribution in [0.2, 0.25) is 0 Å². The second-order valence-electron chi connectivity index (χ2n) is 10.8. The molecule has 1 saturated heterocycles. The SMILES string of the molecule is C#C[C@@H](OC(=O)c1ccc([N+](=O)[O-])cc1)[C@H]1O[C@H](OC)[C@H](OCc2ccccc2)[C@@H](OCc2ccccc2)[C@@H]1OCc1ccccc1. The summed E-state index contributed by atoms with van der Waals surface area (Å²) in [7, 11) is 1.48. The normalized spacial score (nSPS) is 21.3. The summed E-state index contributed by atoms with van der Waals surface area (Å²) in [4.78, 5) is 23.8. The summed E-state index contributed by atoms with van der Waals surface area (Å²) in [5.74, 6) is 1.75. The van der Waals surface area contributed by atoms with Crippen molar-refractivity contribution in [3.05, 3.63) is 148 Å². The second-order valence-corrected chi connectivity index (χ2v) is 10.8. The molecule has 0 unspecified atom stereocenters. The van der Waals surface area contributed by atoms with Crippen molar-refractivity contribution in [2.24, 2.45) is 0 Å². The molecule has 4 aromatic carbocycles. The fourth-order valence-corrected chi connectivity index (χ4v) is 5.22. The maximum atomic E-state index is 13.2. The molecule has 5 rings (SSSR count). The molecule has 242 valence electrons. The van der Waals surface area contributed by atoms with Gasteiger partial charge in [-0.2, -0.15) is 0 Å². The molecule has 0 aliphatic carbocycles. The maximum Gasteiger partial charge on any atom is 0.339 e. The lowest BCUT2D eigenvalue weighted by molar-refractivity contribution is -0.384. The number of nitrogens with zero attached hydrogens (tertiary/aromatic N) is 1. The number of hydrogen-bond donors (Lipinski definition) is 0. The van der Waals surface area contributed by atoms with Crippen LogP contribution in [-0.4, -0.2) is 54.8 Å². The first-order valence-corrected chi connectivity index (χ1v) is 15.0. The summed E-state index contributed by atoms with van der Waals surface area (Å²) in [6, 6.07) is 33.9. The van der Waals surface area contributed by atoms with Gasteiger partial charge < -0.3 is 28.4 Å². The molecule has 10 heteroatoms. The number of esters is 1. The summed E-state index contributed by atoms with van der Waals surface area (Å²) in [6.07, 6.45) is 0.228. The van der Waals surface area contributed by atoms with E-state index in [4.69, 9.17) is 34.8 Å². The quantitative estimate of drug-likeness (QED) is 0.0723. The van der Waals surface area contributed by atoms with E-state index in [-0.39, 0.29) is 31.1 Å². The van der Waals surface area contributed by atoms with Crippen LogP contribution in [0.5, 0.6) is 0 Å². The van der Waals surface area contributed by atoms with Gasteiger partial charge in [0.25, 0.3) is 5.69 Å². The van der Waals surface area contributed by atoms with Gasteiger partial charge in [0.15, 0.2) is 12.4 Å². The summed E-state index contributed by atoms with van der Waals surface area (Å²) in [6.45, 7) is 0.630. The van der Waals surface area contributed by atoms with Crippen molar-refractivity contribution < 1.29 is 38.1 Å². The number of rotatable bonds is 14. The zero-order chi connectivity index (χ0) is 33.0. The molecular formula is C37H35NO9. The average Bonchev–Trinajstić information content (AvgIpc) is 3.12. The number of carbonyl (C=O) groups is 1. The summed E-state index contributed by atoms with van der Waals surface area (Å²) in [5, 5.41) is 11.1. The van der Waals surface area contributed by atoms with Crippen LogP contribution in [0.3, 0.4) is 0 Å². The molecule has 1 heterocycles. The molecule has 10 nitrogen and oxygen atoms in total. The Morgan fingerprint density at radius 2 is 1.23 bits per heavy atom. The third kappa shape index (κ3) is 8.89. The predicted molar refractivity (Wildman–Crippen MR) is 172 cm³/mol. The Bertz CT molecular complexity index is 1610. The third-order valence-electron chi connectivity index (χ3n) is 7.63. The van der Waals surface area contributed by atoms with E-state index in [9.17, 15) is 14.9 Å². The maximum absolute atomic E-state index is 13.2. The summed E-state index contributed by atoms with van der Waals surface area (Å²) < 4.78 is 37.5. The lowest BCUT2D eigenvalue weighted by Crippen LogP contribution is -2.63. The number of carbonyl (C=O) groups excluding carboxylic acids is 1. The van der Waals surface area contributed by atoms with E-state index in [1.807, 2.05) is 91.0 Å². The first-order chi connectivity index (χ1) is 23.0. The van der Waals surface area contributed by atoms with E-state index in [2.05, 4.69) is 5.92 Å². The third-order valence-corrected chi connectivity index (χ3v) is 7.63. The van der Waals surface area contributed by atoms with E-state index in [1.165, 1.54) is 31.4 Å². The fraction of sp³-hybridized carbons (Fsp3) is 0.270. The number of nitro groups is 1. The summed E-state index contributed by atoms with van der Waals surface area (Å²) in [5.41, 5.74) is 2.67. The van der Waals surface area contributed by atoms with Crippen molar-refractivity contribution in [1.29, 1.82) is 0 Å². The molecule has 0 amide bonds. The van der Waals surface area contributed by atoms with Gasteiger partial charge in [0.2, 0.25) is 0 Å². The molecule has 0 spiro atoms. The van der Waals surface area contributed by atoms with Crippen molar-refractivity contribution >= 4 is 11.7 Å². The van der Waals surface area contributed by atoms with Crippen LogP contribution >= 0.6 is 0 Å². The topological polar surface area (TPSA) is 116 Å². The Labute approximate surface area is 273 Å². The largest absolute Gasteiger partial charge is 0.443 e. The highest BCUT2D eigenvalue weighted by atomic mass is 16.7. The van der Waals surface area contributed by atoms with Gasteiger partial charge in [-0.3, -0.25) is 10.1 Å². The first-order valence-electron chi connectivity index (χ1n) is 15.0. The van der Waals surface area contributed by atoms with E-state index < -0.39 is 47.7 Å². The van der Waals surface area contributed by atoms with Crippen molar-refractivity contribution in [1.82, 2.24) is 0 Å². The minimum Gasteiger partial charge on any atom is -0.443 e. The monoisotopic (exact) mass is 637 g/mol. The van der Waals surface area contributed by atoms with E-state index in [0.29, 0.717) is 0 Å². The number of terminal acetylenes is 1. The highest BCUT2D eigenvalue weighted by Gasteiger charge is 2.52. The smallest absolute Gasteiger partial charge is 0.339 e. The van der Waals surface area contributed by atoms with Gasteiger partial charge in [-0.1, -0.05) is 96.9 Å². The average molecular weight is 638 g/mol. The van der Waals surface area contributed by atoms with Crippen LogP contribution < -0.4 is 0 Å². The highest BCUT2D eigenvalue weighted by Crippen LogP contribution is 2.33. The Balaban J connectivity index is 1.46. The van der Waals surface area contributed by atoms with Gasteiger partial charge in [-0.15, -0.1) is 6.42 Å². The van der Waals surface area contributed by atoms with Crippen molar-refractivity contribution in [2.45, 2.75) is 56.6 Å². The van der Waals surface area contributed by atoms with Gasteiger partial charge in [-0.25, -0.2) is 4.79 Å². The molecule has 0 aromatic heterocycles. The minimum atomic E-state index is -1.26. The second kappa shape index (κ2) is 16.6. The van der Waals surface area contributed by atoms with Gasteiger partial charge in [0.1, 0.15) is 24.4 Å². The fourth-order valence-electron chi connectivity index (χ4n) is 5.22. The van der Waals surface area contributed by atoms with Crippen LogP contribution in [0, 0.1) is 22.5 Å². The van der Waals surface area contributed by atoms with Crippen LogP contribution in [0.25, 0.3) is 0 Å². The van der Waals surface area contributed by atoms with Crippen LogP contribution in [0.15, 0.2) is 115 Å². The van der Waals surface area contributed by atoms with Crippen molar-refractivity contribution in [2.75, 3.05) is 7.11 Å². The Hall–Kier alpha value is -4.89. The molecule has 0 N–H and O–H groups in total. The molecule has 47 heavy (non-hydrogen) atoms. The van der Waals surface area contributed by atoms with Gasteiger partial charge in [-0.05, 0) is 28.8 Å². The van der Waals surface area contributed by atoms with E-state index >= 15 is 0 Å². The Kier molecular flexibility index (Phi) is 11.8. The highest BCUT2D eigenvalue weighted by molar-refractivity contribution is 5.90. The number of benzene rings is 4. The minimum absolute atomic E-state index is 0.0812. The van der Waals surface area contributed by atoms with Crippen LogP contribution in [0.1, 0.15) is 27.0 Å². The number of non-ortho nitro benzene ring substituents is 1. The first kappa shape index (κ1) is 33.5. The summed E-state index contributed by atoms with van der Waals surface area (Å²) >= 11 is 0. The standard InChI is InChI=1S/C37H35NO9/c1-3-31(46-36(39)29-19-21-30(22-20-29)38(40)41)32-33(43-23-26-13-7-4-8-14-26)34(44-24-27-15-9-5-10-16-27)35(37(42-2)47-32)45-25-28-17-11-6-12-18-28/h1,4-22,31-35,37H,23-25H2,2H3/t31-,32-,33-,34+,35-,37+/m1/s1. The Morgan fingerprint density at radius 3 is 1.68 bits per heavy atom. The van der Waals surface area contributed by atoms with Gasteiger partial charge in [0.05, 0.1) is 30.3 Å². The van der Waals surface area contributed by atoms with Gasteiger partial charge in [0, 0.05) is 19.2 Å². The van der Waals surface area contributed by atoms with E-state index in [1.54, 1.807) is 0 Å². The lowest BCUT2D eigenvalue weighted by Gasteiger charge is -2.46. The molecule has 0 radical (unpaired) electrons. The number of methoxy groups -OCH3 is 1. The predicted octanol–water partition coefficient (Wildman–Crippen LogP) is 5.88. The zero-order valence-corrected chi connectivity index (χ0v) is 25.8. The van der Waals surface area contributed by atoms with Crippen LogP contribution in [0.4, 0.5) is 5.69 Å². The Morgan fingerprint density at radius 1 is 0.766 bits per heavy atom. The molecule has 1 fully saturated rings. The number of nitro benzene ring substituents is 1. The number of hydrogen-bond acceptors (Lipinski definition) is 9. The number of ether oxygens (including phenoxy) is 6. The van der Waals surface area contributed by atoms with E-state index in [0.717, 1.165) is 16.7 Å². The molecule has 1 aliphatic rings. The van der Waals surface area contributed by atoms with Crippen LogP contribution in [-0.2, 0) is 48.2 Å². The lowest BCUT2D eigenvalue weighted by atomic mass is 9.94. The zero-order valence-electron chi connectivity index (χ0n) is 25.8. The molecule has 4 aromatic rings. The molecule has 0 bridgehead atoms. The molecule has 6 atom stereocenters.